The van der Waals surface area contributed by atoms with Gasteiger partial charge in [0.25, 0.3) is 5.91 Å². The third kappa shape index (κ3) is 5.83. The summed E-state index contributed by atoms with van der Waals surface area (Å²) < 4.78 is 16.3. The van der Waals surface area contributed by atoms with E-state index in [4.69, 9.17) is 14.2 Å². The molecular weight excluding hydrogens is 306 g/mol. The lowest BCUT2D eigenvalue weighted by atomic mass is 10.3. The van der Waals surface area contributed by atoms with Crippen LogP contribution in [0, 0.1) is 0 Å². The minimum atomic E-state index is -0.217. The van der Waals surface area contributed by atoms with Crippen LogP contribution in [0.3, 0.4) is 0 Å². The van der Waals surface area contributed by atoms with Gasteiger partial charge in [-0.1, -0.05) is 6.92 Å². The van der Waals surface area contributed by atoms with E-state index < -0.39 is 0 Å². The average Bonchev–Trinajstić information content (AvgIpc) is 2.61. The Labute approximate surface area is 142 Å². The van der Waals surface area contributed by atoms with E-state index in [0.717, 1.165) is 17.9 Å². The molecule has 2 aromatic rings. The number of rotatable bonds is 9. The number of benzene rings is 2. The molecule has 0 unspecified atom stereocenters. The molecule has 1 N–H and O–H groups in total. The topological polar surface area (TPSA) is 56.8 Å². The Kier molecular flexibility index (Phi) is 6.95. The first-order valence-electron chi connectivity index (χ1n) is 8.09. The summed E-state index contributed by atoms with van der Waals surface area (Å²) in [6.07, 6.45) is 0.962. The summed E-state index contributed by atoms with van der Waals surface area (Å²) >= 11 is 0. The van der Waals surface area contributed by atoms with Gasteiger partial charge < -0.3 is 19.5 Å². The number of ether oxygens (including phenoxy) is 3. The molecule has 2 aromatic carbocycles. The van der Waals surface area contributed by atoms with Gasteiger partial charge in [0.15, 0.2) is 6.61 Å². The number of hydrogen-bond acceptors (Lipinski definition) is 4. The molecule has 0 radical (unpaired) electrons. The molecule has 5 heteroatoms. The molecule has 2 rings (SSSR count). The predicted molar refractivity (Wildman–Crippen MR) is 94.0 cm³/mol. The molecule has 0 aliphatic heterocycles. The molecule has 0 fully saturated rings. The van der Waals surface area contributed by atoms with E-state index in [9.17, 15) is 4.79 Å². The molecule has 0 aliphatic carbocycles. The van der Waals surface area contributed by atoms with Gasteiger partial charge in [0.2, 0.25) is 0 Å². The summed E-state index contributed by atoms with van der Waals surface area (Å²) in [5.41, 5.74) is 0.704. The maximum absolute atomic E-state index is 11.9. The molecule has 0 saturated carbocycles. The number of amides is 1. The first kappa shape index (κ1) is 17.7. The molecule has 0 spiro atoms. The Morgan fingerprint density at radius 2 is 1.38 bits per heavy atom. The number of nitrogens with one attached hydrogen (secondary N) is 1. The van der Waals surface area contributed by atoms with Gasteiger partial charge in [-0.05, 0) is 61.9 Å². The quantitative estimate of drug-likeness (QED) is 0.758. The SMILES string of the molecule is CCCOc1ccc(OCC(=O)Nc2ccc(OCC)cc2)cc1. The van der Waals surface area contributed by atoms with Crippen molar-refractivity contribution in [2.45, 2.75) is 20.3 Å². The van der Waals surface area contributed by atoms with Crippen molar-refractivity contribution in [3.63, 3.8) is 0 Å². The van der Waals surface area contributed by atoms with Crippen molar-refractivity contribution in [3.8, 4) is 17.2 Å². The first-order valence-corrected chi connectivity index (χ1v) is 8.09. The third-order valence-corrected chi connectivity index (χ3v) is 3.12. The highest BCUT2D eigenvalue weighted by Gasteiger charge is 2.04. The summed E-state index contributed by atoms with van der Waals surface area (Å²) in [6, 6.07) is 14.4. The highest BCUT2D eigenvalue weighted by molar-refractivity contribution is 5.91. The van der Waals surface area contributed by atoms with E-state index in [1.54, 1.807) is 24.3 Å². The molecule has 0 aliphatic rings. The number of carbonyl (C=O) groups excluding carboxylic acids is 1. The molecule has 1 amide bonds. The summed E-state index contributed by atoms with van der Waals surface area (Å²) in [5.74, 6) is 1.98. The van der Waals surface area contributed by atoms with Gasteiger partial charge >= 0.3 is 0 Å². The van der Waals surface area contributed by atoms with E-state index >= 15 is 0 Å². The predicted octanol–water partition coefficient (Wildman–Crippen LogP) is 3.89. The van der Waals surface area contributed by atoms with Crippen LogP contribution in [-0.4, -0.2) is 25.7 Å². The van der Waals surface area contributed by atoms with Gasteiger partial charge in [-0.2, -0.15) is 0 Å². The summed E-state index contributed by atoms with van der Waals surface area (Å²) in [7, 11) is 0. The summed E-state index contributed by atoms with van der Waals surface area (Å²) in [6.45, 7) is 5.23. The first-order chi connectivity index (χ1) is 11.7. The maximum Gasteiger partial charge on any atom is 0.262 e. The van der Waals surface area contributed by atoms with Crippen molar-refractivity contribution in [3.05, 3.63) is 48.5 Å². The molecule has 0 bridgehead atoms. The van der Waals surface area contributed by atoms with E-state index in [0.29, 0.717) is 24.7 Å². The monoisotopic (exact) mass is 329 g/mol. The average molecular weight is 329 g/mol. The van der Waals surface area contributed by atoms with Crippen molar-refractivity contribution >= 4 is 11.6 Å². The van der Waals surface area contributed by atoms with E-state index in [1.165, 1.54) is 0 Å². The standard InChI is InChI=1S/C19H23NO4/c1-3-13-23-17-9-11-18(12-10-17)24-14-19(21)20-15-5-7-16(8-6-15)22-4-2/h5-12H,3-4,13-14H2,1-2H3,(H,20,21). The minimum Gasteiger partial charge on any atom is -0.494 e. The van der Waals surface area contributed by atoms with E-state index in [1.807, 2.05) is 31.2 Å². The largest absolute Gasteiger partial charge is 0.494 e. The van der Waals surface area contributed by atoms with Gasteiger partial charge in [0.05, 0.1) is 13.2 Å². The van der Waals surface area contributed by atoms with Crippen LogP contribution in [0.1, 0.15) is 20.3 Å². The fourth-order valence-electron chi connectivity index (χ4n) is 2.00. The van der Waals surface area contributed by atoms with Crippen molar-refractivity contribution in [2.75, 3.05) is 25.1 Å². The third-order valence-electron chi connectivity index (χ3n) is 3.12. The second-order valence-corrected chi connectivity index (χ2v) is 5.11. The van der Waals surface area contributed by atoms with Crippen LogP contribution in [0.5, 0.6) is 17.2 Å². The van der Waals surface area contributed by atoms with Crippen molar-refractivity contribution in [1.29, 1.82) is 0 Å². The van der Waals surface area contributed by atoms with Gasteiger partial charge in [-0.3, -0.25) is 4.79 Å². The number of anilines is 1. The summed E-state index contributed by atoms with van der Waals surface area (Å²) in [4.78, 5) is 11.9. The van der Waals surface area contributed by atoms with Crippen LogP contribution >= 0.6 is 0 Å². The Morgan fingerprint density at radius 1 is 0.833 bits per heavy atom. The Bertz CT molecular complexity index is 623. The van der Waals surface area contributed by atoms with Gasteiger partial charge in [-0.25, -0.2) is 0 Å². The van der Waals surface area contributed by atoms with Crippen molar-refractivity contribution in [2.24, 2.45) is 0 Å². The van der Waals surface area contributed by atoms with Crippen LogP contribution in [-0.2, 0) is 4.79 Å². The second-order valence-electron chi connectivity index (χ2n) is 5.11. The zero-order chi connectivity index (χ0) is 17.2. The lowest BCUT2D eigenvalue weighted by Gasteiger charge is -2.09. The van der Waals surface area contributed by atoms with Crippen LogP contribution < -0.4 is 19.5 Å². The lowest BCUT2D eigenvalue weighted by Crippen LogP contribution is -2.20. The van der Waals surface area contributed by atoms with Crippen molar-refractivity contribution < 1.29 is 19.0 Å². The minimum absolute atomic E-state index is 0.0532. The molecule has 5 nitrogen and oxygen atoms in total. The van der Waals surface area contributed by atoms with E-state index in [-0.39, 0.29) is 12.5 Å². The zero-order valence-electron chi connectivity index (χ0n) is 14.1. The fraction of sp³-hybridized carbons (Fsp3) is 0.316. The highest BCUT2D eigenvalue weighted by Crippen LogP contribution is 2.18. The van der Waals surface area contributed by atoms with Crippen molar-refractivity contribution in [1.82, 2.24) is 0 Å². The molecule has 24 heavy (non-hydrogen) atoms. The van der Waals surface area contributed by atoms with E-state index in [2.05, 4.69) is 12.2 Å². The molecule has 0 atom stereocenters. The zero-order valence-corrected chi connectivity index (χ0v) is 14.1. The molecular formula is C19H23NO4. The Morgan fingerprint density at radius 3 is 1.96 bits per heavy atom. The Balaban J connectivity index is 1.78. The highest BCUT2D eigenvalue weighted by atomic mass is 16.5. The molecule has 0 saturated heterocycles. The fourth-order valence-corrected chi connectivity index (χ4v) is 2.00. The second kappa shape index (κ2) is 9.45. The lowest BCUT2D eigenvalue weighted by molar-refractivity contribution is -0.118. The normalized spacial score (nSPS) is 10.1. The van der Waals surface area contributed by atoms with Crippen LogP contribution in [0.2, 0.25) is 0 Å². The molecule has 0 heterocycles. The van der Waals surface area contributed by atoms with Crippen LogP contribution in [0.25, 0.3) is 0 Å². The number of carbonyl (C=O) groups is 1. The maximum atomic E-state index is 11.9. The smallest absolute Gasteiger partial charge is 0.262 e. The van der Waals surface area contributed by atoms with Crippen LogP contribution in [0.15, 0.2) is 48.5 Å². The Hall–Kier alpha value is -2.69. The van der Waals surface area contributed by atoms with Crippen LogP contribution in [0.4, 0.5) is 5.69 Å². The van der Waals surface area contributed by atoms with Gasteiger partial charge in [0.1, 0.15) is 17.2 Å². The van der Waals surface area contributed by atoms with Gasteiger partial charge in [0, 0.05) is 5.69 Å². The molecule has 0 aromatic heterocycles. The molecule has 128 valence electrons. The van der Waals surface area contributed by atoms with Gasteiger partial charge in [-0.15, -0.1) is 0 Å². The summed E-state index contributed by atoms with van der Waals surface area (Å²) in [5, 5.41) is 2.78. The number of hydrogen-bond donors (Lipinski definition) is 1.